The van der Waals surface area contributed by atoms with Gasteiger partial charge in [-0.15, -0.1) is 0 Å². The summed E-state index contributed by atoms with van der Waals surface area (Å²) in [4.78, 5) is 13.0. The molecule has 4 nitrogen and oxygen atoms in total. The molecule has 0 bridgehead atoms. The number of nitrogens with one attached hydrogen (secondary N) is 1. The van der Waals surface area contributed by atoms with E-state index in [9.17, 15) is 4.39 Å². The third-order valence-electron chi connectivity index (χ3n) is 2.81. The molecule has 0 radical (unpaired) electrons. The Balaban J connectivity index is 2.51. The van der Waals surface area contributed by atoms with Crippen molar-refractivity contribution < 1.29 is 4.39 Å². The largest absolute Gasteiger partial charge is 0.370 e. The number of anilines is 1. The fraction of sp³-hybridized carbons (Fsp3) is 0.400. The van der Waals surface area contributed by atoms with Gasteiger partial charge in [-0.3, -0.25) is 0 Å². The third kappa shape index (κ3) is 3.29. The van der Waals surface area contributed by atoms with Crippen LogP contribution in [0.3, 0.4) is 0 Å². The molecule has 0 saturated heterocycles. The molecule has 2 rings (SSSR count). The minimum Gasteiger partial charge on any atom is -0.370 e. The van der Waals surface area contributed by atoms with Crippen LogP contribution < -0.4 is 5.32 Å². The second kappa shape index (κ2) is 5.53. The van der Waals surface area contributed by atoms with Gasteiger partial charge in [0, 0.05) is 18.0 Å². The highest BCUT2D eigenvalue weighted by atomic mass is 19.1. The molecule has 106 valence electrons. The van der Waals surface area contributed by atoms with Gasteiger partial charge in [0.25, 0.3) is 0 Å². The van der Waals surface area contributed by atoms with E-state index in [1.54, 1.807) is 6.07 Å². The van der Waals surface area contributed by atoms with Gasteiger partial charge in [-0.2, -0.15) is 0 Å². The predicted molar refractivity (Wildman–Crippen MR) is 78.1 cm³/mol. The van der Waals surface area contributed by atoms with Crippen molar-refractivity contribution in [2.45, 2.75) is 33.1 Å². The van der Waals surface area contributed by atoms with Gasteiger partial charge in [0.1, 0.15) is 17.3 Å². The van der Waals surface area contributed by atoms with Crippen molar-refractivity contribution in [2.75, 3.05) is 11.9 Å². The predicted octanol–water partition coefficient (Wildman–Crippen LogP) is 3.41. The standard InChI is InChI=1S/C15H19FN4/c1-5-17-13-8-12(15(2,3)4)19-14(20-13)11-7-6-10(16)9-18-11/h6-9H,5H2,1-4H3,(H,17,19,20). The molecular formula is C15H19FN4. The highest BCUT2D eigenvalue weighted by Gasteiger charge is 2.18. The van der Waals surface area contributed by atoms with Crippen LogP contribution in [0, 0.1) is 5.82 Å². The highest BCUT2D eigenvalue weighted by Crippen LogP contribution is 2.25. The summed E-state index contributed by atoms with van der Waals surface area (Å²) in [6, 6.07) is 4.89. The number of rotatable bonds is 3. The van der Waals surface area contributed by atoms with Crippen LogP contribution >= 0.6 is 0 Å². The first-order valence-corrected chi connectivity index (χ1v) is 6.65. The minimum absolute atomic E-state index is 0.0953. The summed E-state index contributed by atoms with van der Waals surface area (Å²) < 4.78 is 13.0. The molecule has 0 fully saturated rings. The number of halogens is 1. The van der Waals surface area contributed by atoms with Crippen LogP contribution in [0.1, 0.15) is 33.4 Å². The first-order valence-electron chi connectivity index (χ1n) is 6.65. The average Bonchev–Trinajstić information content (AvgIpc) is 2.38. The number of pyridine rings is 1. The van der Waals surface area contributed by atoms with Gasteiger partial charge >= 0.3 is 0 Å². The first-order chi connectivity index (χ1) is 9.40. The second-order valence-electron chi connectivity index (χ2n) is 5.60. The zero-order chi connectivity index (χ0) is 14.8. The van der Waals surface area contributed by atoms with Crippen molar-refractivity contribution in [3.63, 3.8) is 0 Å². The molecule has 0 amide bonds. The summed E-state index contributed by atoms with van der Waals surface area (Å²) in [6.07, 6.45) is 1.18. The van der Waals surface area contributed by atoms with E-state index in [-0.39, 0.29) is 11.2 Å². The van der Waals surface area contributed by atoms with E-state index in [2.05, 4.69) is 41.0 Å². The zero-order valence-electron chi connectivity index (χ0n) is 12.2. The van der Waals surface area contributed by atoms with E-state index in [4.69, 9.17) is 0 Å². The van der Waals surface area contributed by atoms with Crippen LogP contribution in [0.25, 0.3) is 11.5 Å². The Kier molecular flexibility index (Phi) is 3.97. The molecule has 0 aromatic carbocycles. The Morgan fingerprint density at radius 1 is 1.20 bits per heavy atom. The maximum Gasteiger partial charge on any atom is 0.180 e. The van der Waals surface area contributed by atoms with Crippen molar-refractivity contribution in [3.05, 3.63) is 35.9 Å². The molecule has 0 aliphatic rings. The molecule has 2 aromatic heterocycles. The van der Waals surface area contributed by atoms with E-state index in [0.29, 0.717) is 11.5 Å². The second-order valence-corrected chi connectivity index (χ2v) is 5.60. The Morgan fingerprint density at radius 2 is 1.95 bits per heavy atom. The summed E-state index contributed by atoms with van der Waals surface area (Å²) in [5.74, 6) is 0.898. The average molecular weight is 274 g/mol. The fourth-order valence-electron chi connectivity index (χ4n) is 1.73. The molecule has 20 heavy (non-hydrogen) atoms. The van der Waals surface area contributed by atoms with E-state index < -0.39 is 0 Å². The van der Waals surface area contributed by atoms with Crippen molar-refractivity contribution in [2.24, 2.45) is 0 Å². The summed E-state index contributed by atoms with van der Waals surface area (Å²) in [5, 5.41) is 3.19. The smallest absolute Gasteiger partial charge is 0.180 e. The van der Waals surface area contributed by atoms with Gasteiger partial charge < -0.3 is 5.32 Å². The van der Waals surface area contributed by atoms with Crippen LogP contribution in [-0.4, -0.2) is 21.5 Å². The number of aromatic nitrogens is 3. The van der Waals surface area contributed by atoms with E-state index in [1.807, 2.05) is 13.0 Å². The van der Waals surface area contributed by atoms with Gasteiger partial charge in [0.05, 0.1) is 11.9 Å². The Morgan fingerprint density at radius 3 is 2.50 bits per heavy atom. The van der Waals surface area contributed by atoms with Gasteiger partial charge in [-0.1, -0.05) is 20.8 Å². The van der Waals surface area contributed by atoms with Crippen LogP contribution in [0.2, 0.25) is 0 Å². The lowest BCUT2D eigenvalue weighted by molar-refractivity contribution is 0.568. The molecule has 1 N–H and O–H groups in total. The molecule has 5 heteroatoms. The molecule has 0 spiro atoms. The van der Waals surface area contributed by atoms with Gasteiger partial charge in [-0.25, -0.2) is 19.3 Å². The third-order valence-corrected chi connectivity index (χ3v) is 2.81. The lowest BCUT2D eigenvalue weighted by Gasteiger charge is -2.19. The number of nitrogens with zero attached hydrogens (tertiary/aromatic N) is 3. The summed E-state index contributed by atoms with van der Waals surface area (Å²) in [5.41, 5.74) is 1.39. The van der Waals surface area contributed by atoms with E-state index >= 15 is 0 Å². The summed E-state index contributed by atoms with van der Waals surface area (Å²) in [6.45, 7) is 9.05. The molecule has 0 aliphatic carbocycles. The normalized spacial score (nSPS) is 11.4. The topological polar surface area (TPSA) is 50.7 Å². The van der Waals surface area contributed by atoms with Crippen molar-refractivity contribution in [3.8, 4) is 11.5 Å². The fourth-order valence-corrected chi connectivity index (χ4v) is 1.73. The zero-order valence-corrected chi connectivity index (χ0v) is 12.2. The Hall–Kier alpha value is -2.04. The molecule has 0 unspecified atom stereocenters. The monoisotopic (exact) mass is 274 g/mol. The quantitative estimate of drug-likeness (QED) is 0.932. The van der Waals surface area contributed by atoms with Crippen molar-refractivity contribution in [1.29, 1.82) is 0 Å². The molecule has 0 atom stereocenters. The number of hydrogen-bond acceptors (Lipinski definition) is 4. The lowest BCUT2D eigenvalue weighted by atomic mass is 9.92. The van der Waals surface area contributed by atoms with E-state index in [1.165, 1.54) is 12.3 Å². The minimum atomic E-state index is -0.368. The van der Waals surface area contributed by atoms with Crippen molar-refractivity contribution >= 4 is 5.82 Å². The Labute approximate surface area is 118 Å². The summed E-state index contributed by atoms with van der Waals surface area (Å²) in [7, 11) is 0. The maximum absolute atomic E-state index is 13.0. The van der Waals surface area contributed by atoms with Crippen LogP contribution in [0.4, 0.5) is 10.2 Å². The lowest BCUT2D eigenvalue weighted by Crippen LogP contribution is -2.16. The van der Waals surface area contributed by atoms with Crippen molar-refractivity contribution in [1.82, 2.24) is 15.0 Å². The van der Waals surface area contributed by atoms with Crippen LogP contribution in [0.5, 0.6) is 0 Å². The molecule has 2 heterocycles. The van der Waals surface area contributed by atoms with Gasteiger partial charge in [0.2, 0.25) is 0 Å². The molecule has 2 aromatic rings. The first kappa shape index (κ1) is 14.4. The van der Waals surface area contributed by atoms with Crippen LogP contribution in [0.15, 0.2) is 24.4 Å². The Bertz CT molecular complexity index is 588. The van der Waals surface area contributed by atoms with Gasteiger partial charge in [-0.05, 0) is 19.1 Å². The number of hydrogen-bond donors (Lipinski definition) is 1. The maximum atomic E-state index is 13.0. The molecular weight excluding hydrogens is 255 g/mol. The van der Waals surface area contributed by atoms with E-state index in [0.717, 1.165) is 18.1 Å². The SMILES string of the molecule is CCNc1cc(C(C)(C)C)nc(-c2ccc(F)cn2)n1. The van der Waals surface area contributed by atoms with Crippen LogP contribution in [-0.2, 0) is 5.41 Å². The molecule has 0 saturated carbocycles. The molecule has 0 aliphatic heterocycles. The highest BCUT2D eigenvalue weighted by molar-refractivity contribution is 5.53. The van der Waals surface area contributed by atoms with Gasteiger partial charge in [0.15, 0.2) is 5.82 Å². The summed E-state index contributed by atoms with van der Waals surface area (Å²) >= 11 is 0.